The lowest BCUT2D eigenvalue weighted by molar-refractivity contribution is -0.131. The number of carbonyl (C=O) groups is 1. The molecule has 6 rings (SSSR count). The van der Waals surface area contributed by atoms with E-state index < -0.39 is 10.0 Å². The first-order valence-electron chi connectivity index (χ1n) is 12.5. The van der Waals surface area contributed by atoms with E-state index >= 15 is 0 Å². The van der Waals surface area contributed by atoms with Gasteiger partial charge in [-0.15, -0.1) is 0 Å². The summed E-state index contributed by atoms with van der Waals surface area (Å²) < 4.78 is 29.6. The highest BCUT2D eigenvalue weighted by molar-refractivity contribution is 7.89. The molecule has 1 aromatic rings. The summed E-state index contributed by atoms with van der Waals surface area (Å²) in [5, 5.41) is 7.55. The van der Waals surface area contributed by atoms with Gasteiger partial charge in [-0.3, -0.25) is 9.48 Å². The van der Waals surface area contributed by atoms with E-state index in [-0.39, 0.29) is 34.7 Å². The van der Waals surface area contributed by atoms with E-state index in [1.807, 2.05) is 0 Å². The third-order valence-corrected chi connectivity index (χ3v) is 11.1. The number of hydrogen-bond acceptors (Lipinski definition) is 4. The van der Waals surface area contributed by atoms with E-state index in [1.165, 1.54) is 49.0 Å². The Morgan fingerprint density at radius 2 is 1.84 bits per heavy atom. The molecule has 0 spiro atoms. The maximum atomic E-state index is 13.4. The third kappa shape index (κ3) is 3.71. The van der Waals surface area contributed by atoms with E-state index in [1.54, 1.807) is 18.7 Å². The highest BCUT2D eigenvalue weighted by Gasteiger charge is 2.54. The lowest BCUT2D eigenvalue weighted by Gasteiger charge is -2.59. The van der Waals surface area contributed by atoms with Crippen molar-refractivity contribution < 1.29 is 13.2 Å². The molecule has 5 aliphatic rings. The Labute approximate surface area is 192 Å². The summed E-state index contributed by atoms with van der Waals surface area (Å²) in [6.07, 6.45) is 11.8. The van der Waals surface area contributed by atoms with Crippen LogP contribution in [0.2, 0.25) is 0 Å². The second-order valence-corrected chi connectivity index (χ2v) is 13.1. The fourth-order valence-corrected chi connectivity index (χ4v) is 9.54. The topological polar surface area (TPSA) is 84.3 Å². The zero-order valence-corrected chi connectivity index (χ0v) is 20.5. The second kappa shape index (κ2) is 8.12. The van der Waals surface area contributed by atoms with Crippen molar-refractivity contribution in [2.75, 3.05) is 13.1 Å². The first kappa shape index (κ1) is 22.4. The quantitative estimate of drug-likeness (QED) is 0.703. The van der Waals surface area contributed by atoms with Crippen molar-refractivity contribution in [1.82, 2.24) is 19.4 Å². The van der Waals surface area contributed by atoms with Gasteiger partial charge in [-0.05, 0) is 87.9 Å². The minimum Gasteiger partial charge on any atom is -0.353 e. The Kier molecular flexibility index (Phi) is 5.68. The van der Waals surface area contributed by atoms with Crippen LogP contribution in [0.25, 0.3) is 0 Å². The predicted octanol–water partition coefficient (Wildman–Crippen LogP) is 3.24. The number of nitrogens with one attached hydrogen (secondary N) is 1. The summed E-state index contributed by atoms with van der Waals surface area (Å²) in [5.74, 6) is 2.33. The first-order valence-corrected chi connectivity index (χ1v) is 13.9. The molecule has 5 fully saturated rings. The van der Waals surface area contributed by atoms with Crippen LogP contribution in [0.4, 0.5) is 0 Å². The van der Waals surface area contributed by atoms with Crippen molar-refractivity contribution in [3.8, 4) is 0 Å². The average Bonchev–Trinajstić information content (AvgIpc) is 3.10. The molecule has 1 N–H and O–H groups in total. The fourth-order valence-electron chi connectivity index (χ4n) is 7.83. The molecule has 1 amide bonds. The molecule has 32 heavy (non-hydrogen) atoms. The standard InChI is InChI=1S/C24H38N4O3S/c1-4-22(24-11-17-8-18(12-24)10-19(9-17)13-24)26-23(29)20-6-5-7-28(15-20)32(30,31)21-14-25-27(3)16(21)2/h14,17-20,22H,4-13,15H2,1-3H3,(H,26,29)/t17?,18?,19?,20-,22-,24?/m1/s1. The number of aryl methyl sites for hydroxylation is 1. The van der Waals surface area contributed by atoms with Crippen LogP contribution >= 0.6 is 0 Å². The van der Waals surface area contributed by atoms with Gasteiger partial charge in [0.15, 0.2) is 0 Å². The van der Waals surface area contributed by atoms with Crippen LogP contribution in [0.3, 0.4) is 0 Å². The van der Waals surface area contributed by atoms with Crippen LogP contribution < -0.4 is 5.32 Å². The number of piperidine rings is 1. The molecule has 2 heterocycles. The van der Waals surface area contributed by atoms with Gasteiger partial charge >= 0.3 is 0 Å². The minimum atomic E-state index is -3.64. The average molecular weight is 463 g/mol. The number of nitrogens with zero attached hydrogens (tertiary/aromatic N) is 3. The van der Waals surface area contributed by atoms with E-state index in [0.717, 1.165) is 30.6 Å². The number of sulfonamides is 1. The molecular formula is C24H38N4O3S. The van der Waals surface area contributed by atoms with Crippen molar-refractivity contribution in [3.05, 3.63) is 11.9 Å². The second-order valence-electron chi connectivity index (χ2n) is 11.2. The lowest BCUT2D eigenvalue weighted by Crippen LogP contribution is -2.58. The summed E-state index contributed by atoms with van der Waals surface area (Å²) in [7, 11) is -1.89. The van der Waals surface area contributed by atoms with Crippen molar-refractivity contribution >= 4 is 15.9 Å². The third-order valence-electron chi connectivity index (χ3n) is 9.11. The molecule has 2 atom stereocenters. The van der Waals surface area contributed by atoms with Crippen LogP contribution in [0, 0.1) is 36.0 Å². The summed E-state index contributed by atoms with van der Waals surface area (Å²) in [5.41, 5.74) is 0.899. The largest absolute Gasteiger partial charge is 0.353 e. The van der Waals surface area contributed by atoms with E-state index in [0.29, 0.717) is 18.7 Å². The highest BCUT2D eigenvalue weighted by atomic mass is 32.2. The molecule has 178 valence electrons. The van der Waals surface area contributed by atoms with Gasteiger partial charge in [-0.25, -0.2) is 8.42 Å². The van der Waals surface area contributed by atoms with Crippen LogP contribution in [0.5, 0.6) is 0 Å². The molecule has 1 aliphatic heterocycles. The Hall–Kier alpha value is -1.41. The van der Waals surface area contributed by atoms with Gasteiger partial charge < -0.3 is 5.32 Å². The molecule has 0 unspecified atom stereocenters. The number of carbonyl (C=O) groups excluding carboxylic acids is 1. The SMILES string of the molecule is CC[C@@H](NC(=O)[C@@H]1CCCN(S(=O)(=O)c2cnn(C)c2C)C1)C12CC3CC(CC(C3)C1)C2. The highest BCUT2D eigenvalue weighted by Crippen LogP contribution is 2.61. The number of aromatic nitrogens is 2. The van der Waals surface area contributed by atoms with Crippen LogP contribution in [-0.4, -0.2) is 47.5 Å². The monoisotopic (exact) mass is 462 g/mol. The summed E-state index contributed by atoms with van der Waals surface area (Å²) in [6.45, 7) is 4.70. The van der Waals surface area contributed by atoms with Crippen LogP contribution in [0.15, 0.2) is 11.1 Å². The molecule has 1 saturated heterocycles. The Bertz CT molecular complexity index is 950. The summed E-state index contributed by atoms with van der Waals surface area (Å²) in [6, 6.07) is 0.218. The van der Waals surface area contributed by atoms with Gasteiger partial charge in [-0.1, -0.05) is 6.92 Å². The van der Waals surface area contributed by atoms with Gasteiger partial charge in [0.1, 0.15) is 4.90 Å². The van der Waals surface area contributed by atoms with Gasteiger partial charge in [0.05, 0.1) is 17.8 Å². The molecule has 1 aromatic heterocycles. The van der Waals surface area contributed by atoms with Crippen LogP contribution in [0.1, 0.15) is 70.4 Å². The van der Waals surface area contributed by atoms with Gasteiger partial charge in [0, 0.05) is 26.2 Å². The zero-order chi connectivity index (χ0) is 22.7. The first-order chi connectivity index (χ1) is 15.2. The fraction of sp³-hybridized carbons (Fsp3) is 0.833. The van der Waals surface area contributed by atoms with Crippen molar-refractivity contribution in [2.24, 2.45) is 36.1 Å². The normalized spacial score (nSPS) is 35.7. The Balaban J connectivity index is 1.29. The maximum absolute atomic E-state index is 13.4. The van der Waals surface area contributed by atoms with Gasteiger partial charge in [0.2, 0.25) is 15.9 Å². The number of hydrogen-bond donors (Lipinski definition) is 1. The molecule has 4 aliphatic carbocycles. The maximum Gasteiger partial charge on any atom is 0.246 e. The Morgan fingerprint density at radius 1 is 1.22 bits per heavy atom. The van der Waals surface area contributed by atoms with Gasteiger partial charge in [-0.2, -0.15) is 9.40 Å². The summed E-state index contributed by atoms with van der Waals surface area (Å²) in [4.78, 5) is 13.6. The lowest BCUT2D eigenvalue weighted by atomic mass is 9.47. The molecule has 0 aromatic carbocycles. The van der Waals surface area contributed by atoms with E-state index in [9.17, 15) is 13.2 Å². The molecule has 4 saturated carbocycles. The molecular weight excluding hydrogens is 424 g/mol. The van der Waals surface area contributed by atoms with Gasteiger partial charge in [0.25, 0.3) is 0 Å². The van der Waals surface area contributed by atoms with Crippen molar-refractivity contribution in [3.63, 3.8) is 0 Å². The van der Waals surface area contributed by atoms with Crippen LogP contribution in [-0.2, 0) is 21.9 Å². The molecule has 7 nitrogen and oxygen atoms in total. The number of amides is 1. The van der Waals surface area contributed by atoms with Crippen molar-refractivity contribution in [1.29, 1.82) is 0 Å². The smallest absolute Gasteiger partial charge is 0.246 e. The van der Waals surface area contributed by atoms with Crippen molar-refractivity contribution in [2.45, 2.75) is 82.6 Å². The predicted molar refractivity (Wildman–Crippen MR) is 122 cm³/mol. The number of rotatable bonds is 6. The zero-order valence-electron chi connectivity index (χ0n) is 19.7. The van der Waals surface area contributed by atoms with E-state index in [4.69, 9.17) is 0 Å². The van der Waals surface area contributed by atoms with E-state index in [2.05, 4.69) is 17.3 Å². The molecule has 4 bridgehead atoms. The molecule has 8 heteroatoms. The summed E-state index contributed by atoms with van der Waals surface area (Å²) >= 11 is 0. The minimum absolute atomic E-state index is 0.0513. The molecule has 0 radical (unpaired) electrons. The Morgan fingerprint density at radius 3 is 2.38 bits per heavy atom.